The van der Waals surface area contributed by atoms with Gasteiger partial charge in [-0.1, -0.05) is 39.8 Å². The summed E-state index contributed by atoms with van der Waals surface area (Å²) in [6, 6.07) is 14.4. The first-order chi connectivity index (χ1) is 13.0. The summed E-state index contributed by atoms with van der Waals surface area (Å²) in [5.41, 5.74) is 1.44. The molecular formula is C19H16BrN3O3S. The van der Waals surface area contributed by atoms with E-state index in [9.17, 15) is 9.59 Å². The summed E-state index contributed by atoms with van der Waals surface area (Å²) in [6.07, 6.45) is 1.69. The van der Waals surface area contributed by atoms with Crippen LogP contribution in [-0.2, 0) is 4.79 Å². The Morgan fingerprint density at radius 3 is 2.59 bits per heavy atom. The van der Waals surface area contributed by atoms with Crippen LogP contribution in [0.4, 0.5) is 0 Å². The third-order valence-corrected chi connectivity index (χ3v) is 5.39. The number of thioether (sulfide) groups is 1. The molecule has 1 N–H and O–H groups in total. The van der Waals surface area contributed by atoms with Crippen LogP contribution in [0.2, 0.25) is 0 Å². The minimum Gasteiger partial charge on any atom is -0.497 e. The summed E-state index contributed by atoms with van der Waals surface area (Å²) < 4.78 is 5.99. The zero-order valence-corrected chi connectivity index (χ0v) is 16.8. The lowest BCUT2D eigenvalue weighted by atomic mass is 10.1. The molecule has 1 aliphatic heterocycles. The Bertz CT molecular complexity index is 895. The highest BCUT2D eigenvalue weighted by Crippen LogP contribution is 2.24. The van der Waals surface area contributed by atoms with Crippen LogP contribution >= 0.6 is 27.7 Å². The molecule has 2 aromatic carbocycles. The number of hydrogen-bond donors (Lipinski definition) is 1. The maximum atomic E-state index is 12.3. The smallest absolute Gasteiger partial charge is 0.240 e. The van der Waals surface area contributed by atoms with Crippen molar-refractivity contribution in [3.8, 4) is 5.75 Å². The molecular weight excluding hydrogens is 430 g/mol. The van der Waals surface area contributed by atoms with E-state index in [0.717, 1.165) is 15.8 Å². The maximum absolute atomic E-state index is 12.3. The van der Waals surface area contributed by atoms with E-state index in [4.69, 9.17) is 4.74 Å². The Morgan fingerprint density at radius 2 is 1.93 bits per heavy atom. The molecule has 1 aliphatic rings. The van der Waals surface area contributed by atoms with Crippen molar-refractivity contribution >= 4 is 50.8 Å². The number of carbonyl (C=O) groups excluding carboxylic acids is 2. The summed E-state index contributed by atoms with van der Waals surface area (Å²) in [7, 11) is 1.60. The van der Waals surface area contributed by atoms with Crippen LogP contribution in [0.5, 0.6) is 5.75 Å². The molecule has 0 aromatic heterocycles. The number of ether oxygens (including phenoxy) is 1. The number of ketones is 1. The molecule has 0 spiro atoms. The fraction of sp³-hybridized carbons (Fsp3) is 0.158. The molecule has 0 bridgehead atoms. The van der Waals surface area contributed by atoms with E-state index in [-0.39, 0.29) is 18.1 Å². The van der Waals surface area contributed by atoms with E-state index in [2.05, 4.69) is 31.4 Å². The zero-order chi connectivity index (χ0) is 19.2. The Kier molecular flexibility index (Phi) is 6.41. The van der Waals surface area contributed by atoms with Gasteiger partial charge >= 0.3 is 0 Å². The lowest BCUT2D eigenvalue weighted by Crippen LogP contribution is -2.26. The van der Waals surface area contributed by atoms with Crippen LogP contribution in [0.15, 0.2) is 63.2 Å². The highest BCUT2D eigenvalue weighted by molar-refractivity contribution is 9.10. The summed E-state index contributed by atoms with van der Waals surface area (Å²) >= 11 is 4.54. The molecule has 27 heavy (non-hydrogen) atoms. The number of carbonyl (C=O) groups is 2. The lowest BCUT2D eigenvalue weighted by molar-refractivity contribution is -0.118. The molecule has 1 saturated heterocycles. The van der Waals surface area contributed by atoms with Crippen LogP contribution < -0.4 is 10.1 Å². The fourth-order valence-corrected chi connectivity index (χ4v) is 3.53. The van der Waals surface area contributed by atoms with E-state index in [1.54, 1.807) is 37.6 Å². The monoisotopic (exact) mass is 445 g/mol. The molecule has 0 unspecified atom stereocenters. The molecule has 1 amide bonds. The van der Waals surface area contributed by atoms with Crippen molar-refractivity contribution in [1.29, 1.82) is 0 Å². The topological polar surface area (TPSA) is 80.1 Å². The van der Waals surface area contributed by atoms with Crippen LogP contribution in [0, 0.1) is 0 Å². The molecule has 0 radical (unpaired) electrons. The first-order valence-electron chi connectivity index (χ1n) is 8.06. The van der Waals surface area contributed by atoms with E-state index >= 15 is 0 Å². The standard InChI is InChI=1S/C19H16BrN3O3S/c1-26-15-8-2-12(3-9-15)11-21-23-19-22-18(25)17(27-19)10-16(24)13-4-6-14(20)7-5-13/h2-9,11,17H,10H2,1H3,(H,22,23,25)/b21-11-/t17-/m0/s1. The van der Waals surface area contributed by atoms with Crippen molar-refractivity contribution in [2.75, 3.05) is 7.11 Å². The van der Waals surface area contributed by atoms with Gasteiger partial charge in [0, 0.05) is 16.5 Å². The Hall–Kier alpha value is -2.45. The average Bonchev–Trinajstić information content (AvgIpc) is 3.02. The molecule has 6 nitrogen and oxygen atoms in total. The quantitative estimate of drug-likeness (QED) is 0.417. The number of benzene rings is 2. The second-order valence-electron chi connectivity index (χ2n) is 5.65. The summed E-state index contributed by atoms with van der Waals surface area (Å²) in [5.74, 6) is 0.442. The van der Waals surface area contributed by atoms with E-state index in [1.807, 2.05) is 24.3 Å². The number of halogens is 1. The molecule has 1 fully saturated rings. The van der Waals surface area contributed by atoms with Gasteiger partial charge in [-0.3, -0.25) is 9.59 Å². The summed E-state index contributed by atoms with van der Waals surface area (Å²) in [6.45, 7) is 0. The number of methoxy groups -OCH3 is 1. The van der Waals surface area contributed by atoms with Crippen LogP contribution in [0.1, 0.15) is 22.3 Å². The Labute approximate surface area is 169 Å². The SMILES string of the molecule is COc1ccc(/C=N\N=C2/NC(=O)[C@H](CC(=O)c3ccc(Br)cc3)S2)cc1. The summed E-state index contributed by atoms with van der Waals surface area (Å²) in [4.78, 5) is 24.4. The van der Waals surface area contributed by atoms with Gasteiger partial charge in [-0.25, -0.2) is 0 Å². The van der Waals surface area contributed by atoms with Gasteiger partial charge in [0.2, 0.25) is 5.91 Å². The van der Waals surface area contributed by atoms with Gasteiger partial charge in [-0.05, 0) is 42.0 Å². The van der Waals surface area contributed by atoms with Gasteiger partial charge in [0.1, 0.15) is 5.75 Å². The van der Waals surface area contributed by atoms with Gasteiger partial charge in [0.25, 0.3) is 0 Å². The minimum atomic E-state index is -0.504. The van der Waals surface area contributed by atoms with Crippen molar-refractivity contribution in [2.24, 2.45) is 10.2 Å². The molecule has 8 heteroatoms. The van der Waals surface area contributed by atoms with Crippen molar-refractivity contribution in [1.82, 2.24) is 5.32 Å². The first-order valence-corrected chi connectivity index (χ1v) is 9.74. The van der Waals surface area contributed by atoms with Gasteiger partial charge in [0.15, 0.2) is 11.0 Å². The number of nitrogens with zero attached hydrogens (tertiary/aromatic N) is 2. The predicted molar refractivity (Wildman–Crippen MR) is 111 cm³/mol. The normalized spacial score (nSPS) is 18.1. The maximum Gasteiger partial charge on any atom is 0.240 e. The van der Waals surface area contributed by atoms with Crippen LogP contribution in [0.3, 0.4) is 0 Å². The first kappa shape index (κ1) is 19.3. The lowest BCUT2D eigenvalue weighted by Gasteiger charge is -2.04. The number of hydrogen-bond acceptors (Lipinski definition) is 6. The minimum absolute atomic E-state index is 0.0851. The number of amides is 1. The number of amidine groups is 1. The van der Waals surface area contributed by atoms with Crippen molar-refractivity contribution in [3.05, 3.63) is 64.1 Å². The fourth-order valence-electron chi connectivity index (χ4n) is 2.35. The molecule has 0 aliphatic carbocycles. The largest absolute Gasteiger partial charge is 0.497 e. The predicted octanol–water partition coefficient (Wildman–Crippen LogP) is 3.65. The highest BCUT2D eigenvalue weighted by Gasteiger charge is 2.32. The van der Waals surface area contributed by atoms with Gasteiger partial charge in [-0.2, -0.15) is 5.10 Å². The number of nitrogens with one attached hydrogen (secondary N) is 1. The molecule has 3 rings (SSSR count). The van der Waals surface area contributed by atoms with Crippen LogP contribution in [0.25, 0.3) is 0 Å². The van der Waals surface area contributed by atoms with E-state index in [1.165, 1.54) is 11.8 Å². The van der Waals surface area contributed by atoms with Gasteiger partial charge in [-0.15, -0.1) is 5.10 Å². The van der Waals surface area contributed by atoms with Gasteiger partial charge in [0.05, 0.1) is 18.6 Å². The van der Waals surface area contributed by atoms with E-state index in [0.29, 0.717) is 10.7 Å². The third kappa shape index (κ3) is 5.27. The van der Waals surface area contributed by atoms with Crippen molar-refractivity contribution in [3.63, 3.8) is 0 Å². The van der Waals surface area contributed by atoms with Crippen molar-refractivity contribution < 1.29 is 14.3 Å². The van der Waals surface area contributed by atoms with Crippen LogP contribution in [-0.4, -0.2) is 35.4 Å². The molecule has 2 aromatic rings. The second kappa shape index (κ2) is 8.96. The highest BCUT2D eigenvalue weighted by atomic mass is 79.9. The Balaban J connectivity index is 1.59. The van der Waals surface area contributed by atoms with Crippen molar-refractivity contribution in [2.45, 2.75) is 11.7 Å². The molecule has 0 saturated carbocycles. The Morgan fingerprint density at radius 1 is 1.22 bits per heavy atom. The van der Waals surface area contributed by atoms with Gasteiger partial charge < -0.3 is 10.1 Å². The molecule has 1 heterocycles. The van der Waals surface area contributed by atoms with E-state index < -0.39 is 5.25 Å². The molecule has 1 atom stereocenters. The third-order valence-electron chi connectivity index (χ3n) is 3.78. The number of Topliss-reactive ketones (excluding diaryl/α,β-unsaturated/α-hetero) is 1. The zero-order valence-electron chi connectivity index (χ0n) is 14.4. The summed E-state index contributed by atoms with van der Waals surface area (Å²) in [5, 5.41) is 10.6. The average molecular weight is 446 g/mol. The molecule has 138 valence electrons. The second-order valence-corrected chi connectivity index (χ2v) is 7.76. The number of rotatable bonds is 6.